The minimum absolute atomic E-state index is 0.0991. The van der Waals surface area contributed by atoms with Crippen LogP contribution in [-0.2, 0) is 16.6 Å². The molecule has 0 radical (unpaired) electrons. The van der Waals surface area contributed by atoms with Crippen LogP contribution in [0.2, 0.25) is 0 Å². The topological polar surface area (TPSA) is 110 Å². The molecule has 0 spiro atoms. The summed E-state index contributed by atoms with van der Waals surface area (Å²) in [5.74, 6) is -0.111. The van der Waals surface area contributed by atoms with E-state index >= 15 is 0 Å². The Morgan fingerprint density at radius 2 is 1.65 bits per heavy atom. The maximum Gasteiger partial charge on any atom is 0.303 e. The monoisotopic (exact) mass is 587 g/mol. The fraction of sp³-hybridized carbons (Fsp3) is 0.621. The van der Waals surface area contributed by atoms with Crippen molar-refractivity contribution in [3.63, 3.8) is 0 Å². The number of likely N-dealkylation sites (N-methyl/N-ethyl adjacent to an activating group) is 1. The Morgan fingerprint density at radius 1 is 1.05 bits per heavy atom. The zero-order chi connectivity index (χ0) is 29.2. The lowest BCUT2D eigenvalue weighted by Crippen LogP contribution is -2.48. The highest BCUT2D eigenvalue weighted by Gasteiger charge is 2.33. The highest BCUT2D eigenvalue weighted by molar-refractivity contribution is 8.26. The molecule has 0 aromatic carbocycles. The summed E-state index contributed by atoms with van der Waals surface area (Å²) in [7, 11) is 1.70. The fourth-order valence-electron chi connectivity index (χ4n) is 5.30. The van der Waals surface area contributed by atoms with Crippen molar-refractivity contribution in [1.29, 1.82) is 5.26 Å². The SMILES string of the molecule is CCN1CCN(c2c(C=C3SC(=S)N(CCCCCCCCCCC(=O)O)C3=O)c(C)c(C#N)c(=O)n2C)CC1. The number of thioether (sulfide) groups is 1. The number of pyridine rings is 1. The van der Waals surface area contributed by atoms with Gasteiger partial charge in [-0.3, -0.25) is 23.9 Å². The first-order chi connectivity index (χ1) is 19.2. The number of anilines is 1. The summed E-state index contributed by atoms with van der Waals surface area (Å²) in [5, 5.41) is 18.4. The molecule has 2 aliphatic heterocycles. The van der Waals surface area contributed by atoms with Crippen LogP contribution in [0.25, 0.3) is 6.08 Å². The lowest BCUT2D eigenvalue weighted by Gasteiger charge is -2.37. The van der Waals surface area contributed by atoms with Gasteiger partial charge in [0.05, 0.1) is 4.91 Å². The van der Waals surface area contributed by atoms with Crippen LogP contribution in [0.15, 0.2) is 9.70 Å². The minimum Gasteiger partial charge on any atom is -0.481 e. The van der Waals surface area contributed by atoms with Crippen molar-refractivity contribution in [3.05, 3.63) is 31.9 Å². The van der Waals surface area contributed by atoms with E-state index < -0.39 is 5.97 Å². The van der Waals surface area contributed by atoms with Crippen LogP contribution >= 0.6 is 24.0 Å². The summed E-state index contributed by atoms with van der Waals surface area (Å²) in [5.41, 5.74) is 1.10. The van der Waals surface area contributed by atoms with Gasteiger partial charge in [-0.2, -0.15) is 5.26 Å². The highest BCUT2D eigenvalue weighted by Crippen LogP contribution is 2.36. The molecule has 0 atom stereocenters. The molecule has 0 unspecified atom stereocenters. The lowest BCUT2D eigenvalue weighted by molar-refractivity contribution is -0.137. The molecule has 0 saturated carbocycles. The molecule has 0 aliphatic carbocycles. The van der Waals surface area contributed by atoms with E-state index in [1.54, 1.807) is 23.4 Å². The Labute approximate surface area is 246 Å². The molecule has 9 nitrogen and oxygen atoms in total. The van der Waals surface area contributed by atoms with Crippen LogP contribution in [0.3, 0.4) is 0 Å². The first-order valence-electron chi connectivity index (χ1n) is 14.3. The Balaban J connectivity index is 1.66. The second-order valence-electron chi connectivity index (χ2n) is 10.4. The second kappa shape index (κ2) is 15.4. The molecule has 3 heterocycles. The molecule has 1 aromatic heterocycles. The number of unbranched alkanes of at least 4 members (excludes halogenated alkanes) is 7. The number of aliphatic carboxylic acids is 1. The number of carboxylic acids is 1. The highest BCUT2D eigenvalue weighted by atomic mass is 32.2. The van der Waals surface area contributed by atoms with E-state index in [4.69, 9.17) is 17.3 Å². The number of hydrogen-bond acceptors (Lipinski definition) is 8. The van der Waals surface area contributed by atoms with Gasteiger partial charge in [-0.05, 0) is 37.9 Å². The number of carbonyl (C=O) groups is 2. The summed E-state index contributed by atoms with van der Waals surface area (Å²) >= 11 is 6.84. The van der Waals surface area contributed by atoms with Crippen molar-refractivity contribution < 1.29 is 14.7 Å². The van der Waals surface area contributed by atoms with Gasteiger partial charge in [-0.1, -0.05) is 69.4 Å². The average molecular weight is 588 g/mol. The third-order valence-corrected chi connectivity index (χ3v) is 9.14. The molecule has 11 heteroatoms. The Hall–Kier alpha value is -2.68. The van der Waals surface area contributed by atoms with E-state index in [0.717, 1.165) is 95.5 Å². The van der Waals surface area contributed by atoms with Gasteiger partial charge in [0.15, 0.2) is 0 Å². The number of piperazine rings is 1. The standard InChI is InChI=1S/C29H41N5O4S2/c1-4-32-15-17-33(18-16-32)26-22(21(2)23(20-30)27(37)31(26)3)19-24-28(38)34(29(39)40-24)14-12-10-8-6-5-7-9-11-13-25(35)36/h19H,4-18H2,1-3H3,(H,35,36). The smallest absolute Gasteiger partial charge is 0.303 e. The van der Waals surface area contributed by atoms with Crippen molar-refractivity contribution in [2.45, 2.75) is 71.6 Å². The first kappa shape index (κ1) is 31.8. The van der Waals surface area contributed by atoms with E-state index in [9.17, 15) is 19.6 Å². The van der Waals surface area contributed by atoms with Crippen molar-refractivity contribution in [2.24, 2.45) is 7.05 Å². The molecule has 218 valence electrons. The number of hydrogen-bond donors (Lipinski definition) is 1. The molecule has 1 aromatic rings. The normalized spacial score (nSPS) is 17.2. The van der Waals surface area contributed by atoms with E-state index in [-0.39, 0.29) is 23.5 Å². The molecule has 3 rings (SSSR count). The van der Waals surface area contributed by atoms with Gasteiger partial charge in [0.2, 0.25) is 0 Å². The third-order valence-electron chi connectivity index (χ3n) is 7.76. The van der Waals surface area contributed by atoms with Gasteiger partial charge in [0, 0.05) is 51.8 Å². The third kappa shape index (κ3) is 7.95. The molecule has 1 amide bonds. The number of rotatable bonds is 14. The zero-order valence-corrected chi connectivity index (χ0v) is 25.5. The van der Waals surface area contributed by atoms with Crippen molar-refractivity contribution in [3.8, 4) is 6.07 Å². The number of carboxylic acid groups (broad SMARTS) is 1. The summed E-state index contributed by atoms with van der Waals surface area (Å²) in [6, 6.07) is 2.07. The Bertz CT molecular complexity index is 1230. The van der Waals surface area contributed by atoms with Crippen LogP contribution in [-0.4, -0.2) is 74.9 Å². The van der Waals surface area contributed by atoms with Crippen molar-refractivity contribution >= 4 is 52.1 Å². The molecule has 2 fully saturated rings. The van der Waals surface area contributed by atoms with Gasteiger partial charge in [-0.25, -0.2) is 0 Å². The van der Waals surface area contributed by atoms with Crippen LogP contribution in [0.5, 0.6) is 0 Å². The van der Waals surface area contributed by atoms with E-state index in [1.165, 1.54) is 11.8 Å². The van der Waals surface area contributed by atoms with Gasteiger partial charge in [0.1, 0.15) is 21.8 Å². The van der Waals surface area contributed by atoms with Crippen LogP contribution in [0.4, 0.5) is 5.82 Å². The number of carbonyl (C=O) groups excluding carboxylic acids is 1. The van der Waals surface area contributed by atoms with Crippen molar-refractivity contribution in [2.75, 3.05) is 44.2 Å². The van der Waals surface area contributed by atoms with Gasteiger partial charge < -0.3 is 14.9 Å². The van der Waals surface area contributed by atoms with Gasteiger partial charge >= 0.3 is 5.97 Å². The minimum atomic E-state index is -0.729. The molecule has 1 N–H and O–H groups in total. The molecule has 40 heavy (non-hydrogen) atoms. The average Bonchev–Trinajstić information content (AvgIpc) is 3.20. The van der Waals surface area contributed by atoms with Crippen LogP contribution in [0.1, 0.15) is 81.4 Å². The zero-order valence-electron chi connectivity index (χ0n) is 23.9. The maximum atomic E-state index is 13.4. The summed E-state index contributed by atoms with van der Waals surface area (Å²) in [4.78, 5) is 43.7. The first-order valence-corrected chi connectivity index (χ1v) is 15.5. The van der Waals surface area contributed by atoms with E-state index in [1.807, 2.05) is 6.08 Å². The van der Waals surface area contributed by atoms with Gasteiger partial charge in [0.25, 0.3) is 11.5 Å². The fourth-order valence-corrected chi connectivity index (χ4v) is 6.59. The predicted molar refractivity (Wildman–Crippen MR) is 165 cm³/mol. The van der Waals surface area contributed by atoms with E-state index in [0.29, 0.717) is 21.3 Å². The molecular formula is C29H41N5O4S2. The largest absolute Gasteiger partial charge is 0.481 e. The number of thiocarbonyl (C=S) groups is 1. The van der Waals surface area contributed by atoms with Gasteiger partial charge in [-0.15, -0.1) is 0 Å². The second-order valence-corrected chi connectivity index (χ2v) is 12.1. The molecule has 2 saturated heterocycles. The van der Waals surface area contributed by atoms with Crippen molar-refractivity contribution in [1.82, 2.24) is 14.4 Å². The quantitative estimate of drug-likeness (QED) is 0.191. The Kier molecular flexibility index (Phi) is 12.2. The maximum absolute atomic E-state index is 13.4. The lowest BCUT2D eigenvalue weighted by atomic mass is 10.0. The Morgan fingerprint density at radius 3 is 2.23 bits per heavy atom. The summed E-state index contributed by atoms with van der Waals surface area (Å²) < 4.78 is 2.09. The van der Waals surface area contributed by atoms with Crippen LogP contribution < -0.4 is 10.5 Å². The van der Waals surface area contributed by atoms with E-state index in [2.05, 4.69) is 22.8 Å². The number of nitrogens with zero attached hydrogens (tertiary/aromatic N) is 5. The number of aromatic nitrogens is 1. The molecular weight excluding hydrogens is 546 g/mol. The summed E-state index contributed by atoms with van der Waals surface area (Å²) in [6.45, 7) is 8.76. The van der Waals surface area contributed by atoms with Crippen LogP contribution in [0, 0.1) is 18.3 Å². The number of amides is 1. The summed E-state index contributed by atoms with van der Waals surface area (Å²) in [6.07, 6.45) is 9.97. The number of nitriles is 1. The molecule has 2 aliphatic rings. The predicted octanol–water partition coefficient (Wildman–Crippen LogP) is 4.50. The molecule has 0 bridgehead atoms.